The van der Waals surface area contributed by atoms with Gasteiger partial charge >= 0.3 is 12.1 Å². The summed E-state index contributed by atoms with van der Waals surface area (Å²) in [4.78, 5) is 10.5. The molecule has 20 heavy (non-hydrogen) atoms. The molecule has 0 unspecified atom stereocenters. The molecule has 0 saturated carbocycles. The average molecular weight is 285 g/mol. The Morgan fingerprint density at radius 3 is 2.65 bits per heavy atom. The van der Waals surface area contributed by atoms with E-state index in [1.807, 2.05) is 0 Å². The lowest BCUT2D eigenvalue weighted by Gasteiger charge is -2.11. The van der Waals surface area contributed by atoms with Gasteiger partial charge in [-0.15, -0.1) is 5.10 Å². The van der Waals surface area contributed by atoms with Crippen molar-refractivity contribution in [3.8, 4) is 0 Å². The topological polar surface area (TPSA) is 68.0 Å². The highest BCUT2D eigenvalue weighted by Crippen LogP contribution is 2.36. The molecule has 8 heteroatoms. The summed E-state index contributed by atoms with van der Waals surface area (Å²) in [5.74, 6) is -1.24. The second kappa shape index (κ2) is 4.62. The Balaban J connectivity index is 2.80. The van der Waals surface area contributed by atoms with Crippen LogP contribution in [0.4, 0.5) is 13.2 Å². The molecule has 1 heterocycles. The molecular formula is C12H10F3N3O2. The summed E-state index contributed by atoms with van der Waals surface area (Å²) < 4.78 is 40.3. The van der Waals surface area contributed by atoms with Crippen molar-refractivity contribution in [2.75, 3.05) is 0 Å². The number of aliphatic carboxylic acids is 1. The number of aromatic nitrogens is 3. The fourth-order valence-electron chi connectivity index (χ4n) is 1.93. The number of hydrogen-bond acceptors (Lipinski definition) is 3. The molecule has 2 aromatic rings. The molecule has 0 amide bonds. The highest BCUT2D eigenvalue weighted by atomic mass is 19.4. The first-order valence-corrected chi connectivity index (χ1v) is 5.53. The van der Waals surface area contributed by atoms with Gasteiger partial charge in [0.15, 0.2) is 0 Å². The summed E-state index contributed by atoms with van der Waals surface area (Å²) in [6, 6.07) is 0.903. The Kier molecular flexibility index (Phi) is 3.24. The molecule has 0 atom stereocenters. The minimum absolute atomic E-state index is 0.104. The van der Waals surface area contributed by atoms with Crippen LogP contribution in [0.1, 0.15) is 16.7 Å². The van der Waals surface area contributed by atoms with Crippen LogP contribution in [0.25, 0.3) is 17.1 Å². The maximum absolute atomic E-state index is 13.1. The van der Waals surface area contributed by atoms with Gasteiger partial charge in [0.05, 0.1) is 5.56 Å². The highest BCUT2D eigenvalue weighted by Gasteiger charge is 2.35. The number of halogens is 3. The van der Waals surface area contributed by atoms with Gasteiger partial charge in [0.2, 0.25) is 0 Å². The number of carboxylic acid groups (broad SMARTS) is 1. The Hall–Kier alpha value is -2.38. The van der Waals surface area contributed by atoms with E-state index >= 15 is 0 Å². The van der Waals surface area contributed by atoms with Gasteiger partial charge in [0.1, 0.15) is 11.0 Å². The lowest BCUT2D eigenvalue weighted by molar-refractivity contribution is -0.136. The van der Waals surface area contributed by atoms with Crippen molar-refractivity contribution in [2.24, 2.45) is 7.05 Å². The van der Waals surface area contributed by atoms with E-state index in [2.05, 4.69) is 10.3 Å². The lowest BCUT2D eigenvalue weighted by atomic mass is 10.0. The SMILES string of the molecule is Cc1c(/C=C/C(=O)O)cc(C(F)(F)F)c2c1nnn2C. The van der Waals surface area contributed by atoms with Crippen LogP contribution in [0.5, 0.6) is 0 Å². The van der Waals surface area contributed by atoms with Gasteiger partial charge in [0.25, 0.3) is 0 Å². The number of alkyl halides is 3. The quantitative estimate of drug-likeness (QED) is 0.860. The molecular weight excluding hydrogens is 275 g/mol. The standard InChI is InChI=1S/C12H10F3N3O2/c1-6-7(3-4-9(19)20)5-8(12(13,14)15)11-10(6)16-17-18(11)2/h3-5H,1-2H3,(H,19,20)/b4-3+. The Morgan fingerprint density at radius 1 is 1.45 bits per heavy atom. The number of benzene rings is 1. The lowest BCUT2D eigenvalue weighted by Crippen LogP contribution is -2.09. The number of fused-ring (bicyclic) bond motifs is 1. The van der Waals surface area contributed by atoms with E-state index < -0.39 is 17.7 Å². The summed E-state index contributed by atoms with van der Waals surface area (Å²) in [5.41, 5.74) is -0.322. The number of nitrogens with zero attached hydrogens (tertiary/aromatic N) is 3. The van der Waals surface area contributed by atoms with Gasteiger partial charge in [-0.05, 0) is 30.2 Å². The Labute approximate surface area is 111 Å². The van der Waals surface area contributed by atoms with E-state index in [1.165, 1.54) is 7.05 Å². The van der Waals surface area contributed by atoms with Crippen LogP contribution in [0.15, 0.2) is 12.1 Å². The van der Waals surface area contributed by atoms with Crippen molar-refractivity contribution in [1.29, 1.82) is 0 Å². The molecule has 1 aromatic heterocycles. The Morgan fingerprint density at radius 2 is 2.10 bits per heavy atom. The average Bonchev–Trinajstić information content (AvgIpc) is 2.69. The fourth-order valence-corrected chi connectivity index (χ4v) is 1.93. The number of carboxylic acids is 1. The minimum atomic E-state index is -4.58. The van der Waals surface area contributed by atoms with Gasteiger partial charge in [-0.1, -0.05) is 5.21 Å². The van der Waals surface area contributed by atoms with Crippen LogP contribution in [-0.4, -0.2) is 26.1 Å². The van der Waals surface area contributed by atoms with Crippen molar-refractivity contribution in [1.82, 2.24) is 15.0 Å². The summed E-state index contributed by atoms with van der Waals surface area (Å²) in [6.45, 7) is 1.57. The van der Waals surface area contributed by atoms with Crippen LogP contribution in [0.3, 0.4) is 0 Å². The molecule has 0 saturated heterocycles. The number of aryl methyl sites for hydroxylation is 2. The van der Waals surface area contributed by atoms with Gasteiger partial charge in [0, 0.05) is 13.1 Å². The van der Waals surface area contributed by atoms with Crippen LogP contribution < -0.4 is 0 Å². The molecule has 0 spiro atoms. The van der Waals surface area contributed by atoms with Gasteiger partial charge in [-0.25, -0.2) is 9.48 Å². The second-order valence-corrected chi connectivity index (χ2v) is 4.22. The zero-order valence-electron chi connectivity index (χ0n) is 10.6. The number of rotatable bonds is 2. The predicted octanol–water partition coefficient (Wildman–Crippen LogP) is 2.39. The van der Waals surface area contributed by atoms with Crippen molar-refractivity contribution in [2.45, 2.75) is 13.1 Å². The highest BCUT2D eigenvalue weighted by molar-refractivity contribution is 5.90. The van der Waals surface area contributed by atoms with Crippen molar-refractivity contribution >= 4 is 23.1 Å². The number of carbonyl (C=O) groups is 1. The third kappa shape index (κ3) is 2.36. The third-order valence-corrected chi connectivity index (χ3v) is 2.88. The van der Waals surface area contributed by atoms with Crippen LogP contribution in [0, 0.1) is 6.92 Å². The molecule has 1 N–H and O–H groups in total. The maximum Gasteiger partial charge on any atom is 0.418 e. The molecule has 0 aliphatic heterocycles. The van der Waals surface area contributed by atoms with Crippen LogP contribution in [-0.2, 0) is 18.0 Å². The second-order valence-electron chi connectivity index (χ2n) is 4.22. The number of hydrogen-bond donors (Lipinski definition) is 1. The van der Waals surface area contributed by atoms with E-state index in [-0.39, 0.29) is 16.6 Å². The van der Waals surface area contributed by atoms with E-state index in [9.17, 15) is 18.0 Å². The summed E-state index contributed by atoms with van der Waals surface area (Å²) >= 11 is 0. The van der Waals surface area contributed by atoms with E-state index in [0.29, 0.717) is 5.56 Å². The summed E-state index contributed by atoms with van der Waals surface area (Å²) in [5, 5.41) is 15.9. The molecule has 0 aliphatic carbocycles. The van der Waals surface area contributed by atoms with Gasteiger partial charge < -0.3 is 5.11 Å². The molecule has 106 valence electrons. The summed E-state index contributed by atoms with van der Waals surface area (Å²) in [6.07, 6.45) is -2.68. The van der Waals surface area contributed by atoms with Gasteiger partial charge in [-0.2, -0.15) is 13.2 Å². The molecule has 0 fully saturated rings. The maximum atomic E-state index is 13.1. The first kappa shape index (κ1) is 14.0. The smallest absolute Gasteiger partial charge is 0.418 e. The largest absolute Gasteiger partial charge is 0.478 e. The predicted molar refractivity (Wildman–Crippen MR) is 64.9 cm³/mol. The summed E-state index contributed by atoms with van der Waals surface area (Å²) in [7, 11) is 1.37. The molecule has 0 bridgehead atoms. The Bertz CT molecular complexity index is 717. The van der Waals surface area contributed by atoms with E-state index in [0.717, 1.165) is 22.9 Å². The molecule has 5 nitrogen and oxygen atoms in total. The van der Waals surface area contributed by atoms with Crippen LogP contribution in [0.2, 0.25) is 0 Å². The first-order valence-electron chi connectivity index (χ1n) is 5.53. The normalized spacial score (nSPS) is 12.4. The molecule has 0 aliphatic rings. The van der Waals surface area contributed by atoms with Gasteiger partial charge in [-0.3, -0.25) is 0 Å². The zero-order valence-corrected chi connectivity index (χ0v) is 10.6. The molecule has 0 radical (unpaired) electrons. The molecule has 2 rings (SSSR count). The van der Waals surface area contributed by atoms with E-state index in [4.69, 9.17) is 5.11 Å². The van der Waals surface area contributed by atoms with Crippen molar-refractivity contribution in [3.63, 3.8) is 0 Å². The first-order chi connectivity index (χ1) is 9.21. The van der Waals surface area contributed by atoms with E-state index in [1.54, 1.807) is 6.92 Å². The third-order valence-electron chi connectivity index (χ3n) is 2.88. The monoisotopic (exact) mass is 285 g/mol. The minimum Gasteiger partial charge on any atom is -0.478 e. The van der Waals surface area contributed by atoms with Crippen LogP contribution >= 0.6 is 0 Å². The molecule has 1 aromatic carbocycles. The zero-order chi connectivity index (χ0) is 15.1. The fraction of sp³-hybridized carbons (Fsp3) is 0.250. The van der Waals surface area contributed by atoms with Crippen molar-refractivity contribution in [3.05, 3.63) is 28.8 Å². The van der Waals surface area contributed by atoms with Crippen molar-refractivity contribution < 1.29 is 23.1 Å².